The maximum Gasteiger partial charge on any atom is 0.262 e. The van der Waals surface area contributed by atoms with E-state index >= 15 is 0 Å². The summed E-state index contributed by atoms with van der Waals surface area (Å²) in [6.45, 7) is 4.92. The van der Waals surface area contributed by atoms with Gasteiger partial charge in [-0.05, 0) is 44.2 Å². The molecule has 1 atom stereocenters. The fraction of sp³-hybridized carbons (Fsp3) is 0.333. The van der Waals surface area contributed by atoms with Crippen LogP contribution in [0.2, 0.25) is 0 Å². The van der Waals surface area contributed by atoms with Gasteiger partial charge in [0, 0.05) is 24.7 Å². The fourth-order valence-electron chi connectivity index (χ4n) is 3.18. The van der Waals surface area contributed by atoms with Crippen molar-refractivity contribution >= 4 is 17.4 Å². The van der Waals surface area contributed by atoms with Crippen LogP contribution in [0.5, 0.6) is 11.5 Å². The molecule has 0 unspecified atom stereocenters. The van der Waals surface area contributed by atoms with Crippen LogP contribution < -0.4 is 19.7 Å². The Kier molecular flexibility index (Phi) is 5.64. The lowest BCUT2D eigenvalue weighted by atomic mass is 10.0. The van der Waals surface area contributed by atoms with E-state index in [4.69, 9.17) is 9.47 Å². The number of hydrogen-bond donors (Lipinski definition) is 1. The van der Waals surface area contributed by atoms with E-state index in [1.54, 1.807) is 20.0 Å². The number of ether oxygens (including phenoxy) is 2. The van der Waals surface area contributed by atoms with Crippen molar-refractivity contribution in [3.05, 3.63) is 53.6 Å². The molecule has 1 heterocycles. The average Bonchev–Trinajstić information content (AvgIpc) is 2.68. The van der Waals surface area contributed by atoms with Crippen molar-refractivity contribution in [2.24, 2.45) is 0 Å². The summed E-state index contributed by atoms with van der Waals surface area (Å²) in [5.41, 5.74) is 2.45. The molecule has 6 heteroatoms. The molecule has 3 rings (SSSR count). The third-order valence-electron chi connectivity index (χ3n) is 4.53. The number of ketones is 1. The van der Waals surface area contributed by atoms with Gasteiger partial charge in [-0.2, -0.15) is 0 Å². The van der Waals surface area contributed by atoms with Gasteiger partial charge in [-0.3, -0.25) is 9.59 Å². The third-order valence-corrected chi connectivity index (χ3v) is 4.53. The number of benzene rings is 2. The van der Waals surface area contributed by atoms with Gasteiger partial charge < -0.3 is 19.7 Å². The van der Waals surface area contributed by atoms with Gasteiger partial charge in [0.2, 0.25) is 0 Å². The van der Waals surface area contributed by atoms with E-state index in [0.29, 0.717) is 31.0 Å². The molecule has 2 aromatic rings. The normalized spacial score (nSPS) is 15.5. The van der Waals surface area contributed by atoms with Crippen LogP contribution in [-0.2, 0) is 11.3 Å². The van der Waals surface area contributed by atoms with E-state index in [1.807, 2.05) is 43.3 Å². The highest BCUT2D eigenvalue weighted by atomic mass is 16.5. The van der Waals surface area contributed by atoms with Crippen LogP contribution in [0.1, 0.15) is 29.8 Å². The lowest BCUT2D eigenvalue weighted by molar-refractivity contribution is -0.127. The Morgan fingerprint density at radius 2 is 2.04 bits per heavy atom. The smallest absolute Gasteiger partial charge is 0.262 e. The van der Waals surface area contributed by atoms with Crippen LogP contribution in [0.4, 0.5) is 5.69 Å². The quantitative estimate of drug-likeness (QED) is 0.794. The van der Waals surface area contributed by atoms with Crippen LogP contribution in [-0.4, -0.2) is 38.0 Å². The van der Waals surface area contributed by atoms with Crippen LogP contribution in [0, 0.1) is 0 Å². The number of likely N-dealkylation sites (N-methyl/N-ethyl adjacent to an activating group) is 1. The zero-order valence-corrected chi connectivity index (χ0v) is 15.8. The Balaban J connectivity index is 1.97. The summed E-state index contributed by atoms with van der Waals surface area (Å²) < 4.78 is 11.6. The van der Waals surface area contributed by atoms with Gasteiger partial charge in [0.1, 0.15) is 11.5 Å². The molecule has 0 aromatic heterocycles. The summed E-state index contributed by atoms with van der Waals surface area (Å²) >= 11 is 0. The number of anilines is 1. The molecule has 0 radical (unpaired) electrons. The van der Waals surface area contributed by atoms with Gasteiger partial charge in [0.05, 0.1) is 18.8 Å². The Morgan fingerprint density at radius 1 is 1.26 bits per heavy atom. The first-order chi connectivity index (χ1) is 13.0. The second-order valence-electron chi connectivity index (χ2n) is 6.38. The highest BCUT2D eigenvalue weighted by Crippen LogP contribution is 2.35. The van der Waals surface area contributed by atoms with Crippen molar-refractivity contribution in [2.75, 3.05) is 25.1 Å². The van der Waals surface area contributed by atoms with Crippen molar-refractivity contribution in [3.8, 4) is 11.5 Å². The van der Waals surface area contributed by atoms with Crippen molar-refractivity contribution in [2.45, 2.75) is 26.5 Å². The van der Waals surface area contributed by atoms with Crippen LogP contribution in [0.15, 0.2) is 42.5 Å². The monoisotopic (exact) mass is 368 g/mol. The van der Waals surface area contributed by atoms with Crippen LogP contribution >= 0.6 is 0 Å². The summed E-state index contributed by atoms with van der Waals surface area (Å²) in [7, 11) is 1.60. The minimum atomic E-state index is -0.601. The van der Waals surface area contributed by atoms with E-state index < -0.39 is 6.10 Å². The van der Waals surface area contributed by atoms with E-state index in [1.165, 1.54) is 0 Å². The lowest BCUT2D eigenvalue weighted by Gasteiger charge is -2.35. The minimum absolute atomic E-state index is 0.00455. The Labute approximate surface area is 159 Å². The number of nitrogens with one attached hydrogen (secondary N) is 1. The standard InChI is InChI=1S/C21H24N2O4/c1-4-26-18-10-9-15(14(2)24)11-16(18)12-23-13-20(21(25)22-3)27-19-8-6-5-7-17(19)23/h5-11,20H,4,12-13H2,1-3H3,(H,22,25)/t20-/m0/s1. The Hall–Kier alpha value is -3.02. The molecule has 142 valence electrons. The van der Waals surface area contributed by atoms with Crippen molar-refractivity contribution in [3.63, 3.8) is 0 Å². The van der Waals surface area contributed by atoms with E-state index in [9.17, 15) is 9.59 Å². The molecule has 1 aliphatic rings. The molecule has 6 nitrogen and oxygen atoms in total. The van der Waals surface area contributed by atoms with Gasteiger partial charge in [0.15, 0.2) is 11.9 Å². The largest absolute Gasteiger partial charge is 0.494 e. The Bertz CT molecular complexity index is 850. The van der Waals surface area contributed by atoms with Gasteiger partial charge in [0.25, 0.3) is 5.91 Å². The van der Waals surface area contributed by atoms with E-state index in [0.717, 1.165) is 17.0 Å². The zero-order chi connectivity index (χ0) is 19.4. The van der Waals surface area contributed by atoms with Crippen molar-refractivity contribution < 1.29 is 19.1 Å². The summed E-state index contributed by atoms with van der Waals surface area (Å²) in [6, 6.07) is 13.1. The molecule has 1 amide bonds. The third kappa shape index (κ3) is 4.05. The molecule has 2 aromatic carbocycles. The maximum atomic E-state index is 12.2. The summed E-state index contributed by atoms with van der Waals surface area (Å²) in [6.07, 6.45) is -0.601. The molecule has 0 fully saturated rings. The summed E-state index contributed by atoms with van der Waals surface area (Å²) in [5.74, 6) is 1.24. The first kappa shape index (κ1) is 18.8. The first-order valence-corrected chi connectivity index (χ1v) is 9.02. The van der Waals surface area contributed by atoms with E-state index in [-0.39, 0.29) is 11.7 Å². The number of para-hydroxylation sites is 2. The first-order valence-electron chi connectivity index (χ1n) is 9.02. The number of carbonyl (C=O) groups is 2. The predicted molar refractivity (Wildman–Crippen MR) is 104 cm³/mol. The second kappa shape index (κ2) is 8.12. The number of nitrogens with zero attached hydrogens (tertiary/aromatic N) is 1. The number of carbonyl (C=O) groups excluding carboxylic acids is 2. The number of hydrogen-bond acceptors (Lipinski definition) is 5. The molecule has 0 aliphatic carbocycles. The molecule has 1 N–H and O–H groups in total. The number of rotatable bonds is 6. The SMILES string of the molecule is CCOc1ccc(C(C)=O)cc1CN1C[C@@H](C(=O)NC)Oc2ccccc21. The molecule has 27 heavy (non-hydrogen) atoms. The highest BCUT2D eigenvalue weighted by Gasteiger charge is 2.30. The van der Waals surface area contributed by atoms with E-state index in [2.05, 4.69) is 10.2 Å². The molecule has 0 spiro atoms. The predicted octanol–water partition coefficient (Wildman–Crippen LogP) is 2.80. The molecule has 0 saturated carbocycles. The number of amides is 1. The van der Waals surface area contributed by atoms with Crippen LogP contribution in [0.25, 0.3) is 0 Å². The van der Waals surface area contributed by atoms with Crippen molar-refractivity contribution in [1.82, 2.24) is 5.32 Å². The molecule has 1 aliphatic heterocycles. The highest BCUT2D eigenvalue weighted by molar-refractivity contribution is 5.94. The van der Waals surface area contributed by atoms with Crippen molar-refractivity contribution in [1.29, 1.82) is 0 Å². The molecular weight excluding hydrogens is 344 g/mol. The van der Waals surface area contributed by atoms with Gasteiger partial charge in [-0.15, -0.1) is 0 Å². The molecule has 0 saturated heterocycles. The van der Waals surface area contributed by atoms with Gasteiger partial charge in [-0.25, -0.2) is 0 Å². The van der Waals surface area contributed by atoms with Gasteiger partial charge >= 0.3 is 0 Å². The van der Waals surface area contributed by atoms with Crippen LogP contribution in [0.3, 0.4) is 0 Å². The number of fused-ring (bicyclic) bond motifs is 1. The molecular formula is C21H24N2O4. The summed E-state index contributed by atoms with van der Waals surface area (Å²) in [5, 5.41) is 2.65. The summed E-state index contributed by atoms with van der Waals surface area (Å²) in [4.78, 5) is 26.0. The molecule has 0 bridgehead atoms. The number of Topliss-reactive ketones (excluding diaryl/α,β-unsaturated/α-hetero) is 1. The minimum Gasteiger partial charge on any atom is -0.494 e. The fourth-order valence-corrected chi connectivity index (χ4v) is 3.18. The van der Waals surface area contributed by atoms with Gasteiger partial charge in [-0.1, -0.05) is 12.1 Å². The topological polar surface area (TPSA) is 67.9 Å². The second-order valence-corrected chi connectivity index (χ2v) is 6.38. The Morgan fingerprint density at radius 3 is 2.74 bits per heavy atom. The zero-order valence-electron chi connectivity index (χ0n) is 15.8. The maximum absolute atomic E-state index is 12.2. The average molecular weight is 368 g/mol. The lowest BCUT2D eigenvalue weighted by Crippen LogP contribution is -2.48.